The lowest BCUT2D eigenvalue weighted by molar-refractivity contribution is -0.384. The Morgan fingerprint density at radius 3 is 2.90 bits per heavy atom. The average Bonchev–Trinajstić information content (AvgIpc) is 2.92. The number of nitro groups is 1. The molecule has 2 aliphatic heterocycles. The van der Waals surface area contributed by atoms with Crippen molar-refractivity contribution < 1.29 is 4.92 Å². The summed E-state index contributed by atoms with van der Waals surface area (Å²) in [5, 5.41) is 14.7. The van der Waals surface area contributed by atoms with Crippen LogP contribution in [0.25, 0.3) is 0 Å². The Kier molecular flexibility index (Phi) is 2.93. The minimum absolute atomic E-state index is 0.110. The van der Waals surface area contributed by atoms with Gasteiger partial charge >= 0.3 is 5.69 Å². The zero-order valence-corrected chi connectivity index (χ0v) is 12.1. The normalized spacial score (nSPS) is 27.6. The molecular formula is C14H20N4O2. The Balaban J connectivity index is 2.04. The van der Waals surface area contributed by atoms with E-state index < -0.39 is 0 Å². The lowest BCUT2D eigenvalue weighted by Crippen LogP contribution is -2.45. The fraction of sp³-hybridized carbons (Fsp3) is 0.643. The highest BCUT2D eigenvalue weighted by molar-refractivity contribution is 5.61. The van der Waals surface area contributed by atoms with E-state index in [0.29, 0.717) is 17.7 Å². The van der Waals surface area contributed by atoms with E-state index in [1.807, 2.05) is 6.92 Å². The van der Waals surface area contributed by atoms with E-state index in [9.17, 15) is 10.1 Å². The Morgan fingerprint density at radius 1 is 1.50 bits per heavy atom. The third kappa shape index (κ3) is 1.86. The van der Waals surface area contributed by atoms with Gasteiger partial charge in [-0.15, -0.1) is 0 Å². The molecule has 6 nitrogen and oxygen atoms in total. The molecule has 0 spiro atoms. The van der Waals surface area contributed by atoms with E-state index in [4.69, 9.17) is 0 Å². The van der Waals surface area contributed by atoms with E-state index in [1.165, 1.54) is 0 Å². The summed E-state index contributed by atoms with van der Waals surface area (Å²) in [6.07, 6.45) is 1.71. The van der Waals surface area contributed by atoms with Gasteiger partial charge in [0.1, 0.15) is 0 Å². The van der Waals surface area contributed by atoms with Crippen molar-refractivity contribution in [3.63, 3.8) is 0 Å². The zero-order chi connectivity index (χ0) is 14.5. The fourth-order valence-electron chi connectivity index (χ4n) is 3.67. The maximum Gasteiger partial charge on any atom is 0.311 e. The summed E-state index contributed by atoms with van der Waals surface area (Å²) >= 11 is 0. The van der Waals surface area contributed by atoms with Crippen molar-refractivity contribution in [3.8, 4) is 0 Å². The topological polar surface area (TPSA) is 71.3 Å². The van der Waals surface area contributed by atoms with Gasteiger partial charge in [-0.3, -0.25) is 10.1 Å². The van der Waals surface area contributed by atoms with E-state index in [2.05, 4.69) is 29.0 Å². The molecular weight excluding hydrogens is 256 g/mol. The van der Waals surface area contributed by atoms with Crippen LogP contribution in [-0.2, 0) is 0 Å². The number of anilines is 1. The summed E-state index contributed by atoms with van der Waals surface area (Å²) in [4.78, 5) is 17.5. The number of fused-ring (bicyclic) bond motifs is 1. The standard InChI is InChI=1S/C14H20N4O2/c1-9-4-12(18(19)20)13(16-5-9)17-8-10-6-15-7-11(10)14(17,2)3/h4-5,10-11,15H,6-8H2,1-3H3. The van der Waals surface area contributed by atoms with Gasteiger partial charge < -0.3 is 10.2 Å². The fourth-order valence-corrected chi connectivity index (χ4v) is 3.67. The van der Waals surface area contributed by atoms with E-state index in [1.54, 1.807) is 12.3 Å². The molecule has 1 aromatic heterocycles. The molecule has 3 rings (SSSR count). The zero-order valence-electron chi connectivity index (χ0n) is 12.1. The molecule has 2 atom stereocenters. The van der Waals surface area contributed by atoms with Crippen LogP contribution in [0.2, 0.25) is 0 Å². The smallest absolute Gasteiger partial charge is 0.311 e. The first-order valence-corrected chi connectivity index (χ1v) is 7.00. The van der Waals surface area contributed by atoms with E-state index >= 15 is 0 Å². The Morgan fingerprint density at radius 2 is 2.25 bits per heavy atom. The minimum atomic E-state index is -0.322. The third-order valence-corrected chi connectivity index (χ3v) is 4.80. The number of rotatable bonds is 2. The quantitative estimate of drug-likeness (QED) is 0.658. The maximum absolute atomic E-state index is 11.3. The summed E-state index contributed by atoms with van der Waals surface area (Å²) in [7, 11) is 0. The highest BCUT2D eigenvalue weighted by Gasteiger charge is 2.51. The maximum atomic E-state index is 11.3. The second-order valence-corrected chi connectivity index (χ2v) is 6.40. The molecule has 2 aliphatic rings. The van der Waals surface area contributed by atoms with Gasteiger partial charge in [0.05, 0.1) is 4.92 Å². The first-order valence-electron chi connectivity index (χ1n) is 7.00. The highest BCUT2D eigenvalue weighted by Crippen LogP contribution is 2.44. The number of hydrogen-bond acceptors (Lipinski definition) is 5. The number of aromatic nitrogens is 1. The molecule has 0 radical (unpaired) electrons. The lowest BCUT2D eigenvalue weighted by Gasteiger charge is -2.36. The van der Waals surface area contributed by atoms with Gasteiger partial charge in [-0.25, -0.2) is 4.98 Å². The molecule has 0 aliphatic carbocycles. The number of hydrogen-bond donors (Lipinski definition) is 1. The van der Waals surface area contributed by atoms with Crippen molar-refractivity contribution >= 4 is 11.5 Å². The second-order valence-electron chi connectivity index (χ2n) is 6.40. The number of nitrogens with zero attached hydrogens (tertiary/aromatic N) is 3. The highest BCUT2D eigenvalue weighted by atomic mass is 16.6. The second kappa shape index (κ2) is 4.41. The molecule has 3 heterocycles. The van der Waals surface area contributed by atoms with Crippen LogP contribution in [0.4, 0.5) is 11.5 Å². The Labute approximate surface area is 118 Å². The first-order chi connectivity index (χ1) is 9.41. The molecule has 2 saturated heterocycles. The van der Waals surface area contributed by atoms with E-state index in [-0.39, 0.29) is 16.1 Å². The SMILES string of the molecule is Cc1cnc(N2CC3CNCC3C2(C)C)c([N+](=O)[O-])c1. The summed E-state index contributed by atoms with van der Waals surface area (Å²) in [5.41, 5.74) is 0.826. The summed E-state index contributed by atoms with van der Waals surface area (Å²) < 4.78 is 0. The van der Waals surface area contributed by atoms with Gasteiger partial charge in [-0.2, -0.15) is 0 Å². The van der Waals surface area contributed by atoms with Crippen LogP contribution in [0.1, 0.15) is 19.4 Å². The molecule has 6 heteroatoms. The molecule has 0 bridgehead atoms. The predicted octanol–water partition coefficient (Wildman–Crippen LogP) is 1.73. The monoisotopic (exact) mass is 276 g/mol. The van der Waals surface area contributed by atoms with Crippen molar-refractivity contribution in [2.45, 2.75) is 26.3 Å². The van der Waals surface area contributed by atoms with Crippen LogP contribution >= 0.6 is 0 Å². The molecule has 0 saturated carbocycles. The summed E-state index contributed by atoms with van der Waals surface area (Å²) in [5.74, 6) is 1.58. The molecule has 0 amide bonds. The van der Waals surface area contributed by atoms with Gasteiger partial charge in [0, 0.05) is 37.4 Å². The molecule has 2 unspecified atom stereocenters. The van der Waals surface area contributed by atoms with Crippen LogP contribution in [-0.4, -0.2) is 35.1 Å². The van der Waals surface area contributed by atoms with Crippen LogP contribution in [0.3, 0.4) is 0 Å². The third-order valence-electron chi connectivity index (χ3n) is 4.80. The van der Waals surface area contributed by atoms with Crippen molar-refractivity contribution in [2.24, 2.45) is 11.8 Å². The van der Waals surface area contributed by atoms with Gasteiger partial charge in [-0.1, -0.05) is 0 Å². The summed E-state index contributed by atoms with van der Waals surface area (Å²) in [6.45, 7) is 8.96. The first kappa shape index (κ1) is 13.3. The minimum Gasteiger partial charge on any atom is -0.345 e. The largest absolute Gasteiger partial charge is 0.345 e. The van der Waals surface area contributed by atoms with Crippen LogP contribution in [0.5, 0.6) is 0 Å². The lowest BCUT2D eigenvalue weighted by atomic mass is 9.85. The van der Waals surface area contributed by atoms with Gasteiger partial charge in [-0.05, 0) is 38.2 Å². The number of nitrogens with one attached hydrogen (secondary N) is 1. The van der Waals surface area contributed by atoms with E-state index in [0.717, 1.165) is 25.2 Å². The number of aryl methyl sites for hydroxylation is 1. The molecule has 2 fully saturated rings. The molecule has 1 aromatic rings. The van der Waals surface area contributed by atoms with Crippen molar-refractivity contribution in [1.29, 1.82) is 0 Å². The Hall–Kier alpha value is -1.69. The Bertz CT molecular complexity index is 558. The van der Waals surface area contributed by atoms with Crippen LogP contribution in [0.15, 0.2) is 12.3 Å². The molecule has 1 N–H and O–H groups in total. The van der Waals surface area contributed by atoms with Gasteiger partial charge in [0.15, 0.2) is 0 Å². The molecule has 20 heavy (non-hydrogen) atoms. The van der Waals surface area contributed by atoms with Crippen molar-refractivity contribution in [3.05, 3.63) is 27.9 Å². The summed E-state index contributed by atoms with van der Waals surface area (Å²) in [6, 6.07) is 1.62. The van der Waals surface area contributed by atoms with Gasteiger partial charge in [0.2, 0.25) is 5.82 Å². The van der Waals surface area contributed by atoms with Gasteiger partial charge in [0.25, 0.3) is 0 Å². The average molecular weight is 276 g/mol. The molecule has 0 aromatic carbocycles. The number of pyridine rings is 1. The van der Waals surface area contributed by atoms with Crippen LogP contribution in [0, 0.1) is 28.9 Å². The van der Waals surface area contributed by atoms with Crippen LogP contribution < -0.4 is 10.2 Å². The van der Waals surface area contributed by atoms with Crippen molar-refractivity contribution in [2.75, 3.05) is 24.5 Å². The molecule has 108 valence electrons. The van der Waals surface area contributed by atoms with Crippen molar-refractivity contribution in [1.82, 2.24) is 10.3 Å². The predicted molar refractivity (Wildman–Crippen MR) is 76.9 cm³/mol.